The van der Waals surface area contributed by atoms with Crippen molar-refractivity contribution in [3.63, 3.8) is 0 Å². The number of fused-ring (bicyclic) bond motifs is 7. The molecule has 1 aliphatic rings. The predicted molar refractivity (Wildman–Crippen MR) is 303 cm³/mol. The third kappa shape index (κ3) is 7.03. The number of benzene rings is 10. The Balaban J connectivity index is 1.17. The zero-order valence-corrected chi connectivity index (χ0v) is 42.0. The molecule has 0 fully saturated rings. The van der Waals surface area contributed by atoms with E-state index < -0.39 is 0 Å². The highest BCUT2D eigenvalue weighted by molar-refractivity contribution is 7.25. The van der Waals surface area contributed by atoms with E-state index in [1.54, 1.807) is 0 Å². The van der Waals surface area contributed by atoms with Gasteiger partial charge in [-0.3, -0.25) is 0 Å². The van der Waals surface area contributed by atoms with E-state index in [1.807, 2.05) is 11.3 Å². The first kappa shape index (κ1) is 43.7. The van der Waals surface area contributed by atoms with Crippen molar-refractivity contribution in [2.24, 2.45) is 0 Å². The zero-order valence-electron chi connectivity index (χ0n) is 41.1. The standard InChI is InChI=1S/C68H57NS/c1-66(2,3)47-41-45(42-48(43-47)67(4,5)6)49-31-19-23-44-24-20-32-52(63(44)49)50-27-12-16-36-58(50)69(59-37-17-13-28-51(59)53-33-21-40-62-64(53)55-30-14-18-39-61(55)70-62)60-38-22-35-57-65(60)54-29-11-15-34-56(54)68(57,7)46-25-9-8-10-26-46/h8-43H,1-7H3. The molecule has 0 amide bonds. The monoisotopic (exact) mass is 919 g/mol. The molecule has 11 aromatic rings. The first-order valence-corrected chi connectivity index (χ1v) is 25.6. The second-order valence-corrected chi connectivity index (χ2v) is 22.5. The van der Waals surface area contributed by atoms with Crippen LogP contribution in [0.5, 0.6) is 0 Å². The van der Waals surface area contributed by atoms with Crippen LogP contribution in [-0.4, -0.2) is 0 Å². The third-order valence-electron chi connectivity index (χ3n) is 15.1. The molecule has 0 N–H and O–H groups in total. The third-order valence-corrected chi connectivity index (χ3v) is 16.2. The molecule has 1 nitrogen and oxygen atoms in total. The highest BCUT2D eigenvalue weighted by Crippen LogP contribution is 2.58. The van der Waals surface area contributed by atoms with Crippen LogP contribution in [0.1, 0.15) is 76.3 Å². The summed E-state index contributed by atoms with van der Waals surface area (Å²) >= 11 is 1.87. The van der Waals surface area contributed by atoms with E-state index >= 15 is 0 Å². The molecule has 0 radical (unpaired) electrons. The molecule has 10 aromatic carbocycles. The van der Waals surface area contributed by atoms with Crippen LogP contribution < -0.4 is 4.90 Å². The molecule has 70 heavy (non-hydrogen) atoms. The van der Waals surface area contributed by atoms with Crippen LogP contribution in [0.15, 0.2) is 218 Å². The van der Waals surface area contributed by atoms with Gasteiger partial charge in [-0.05, 0) is 114 Å². The van der Waals surface area contributed by atoms with E-state index in [1.165, 1.54) is 103 Å². The number of anilines is 3. The van der Waals surface area contributed by atoms with Crippen LogP contribution in [0.3, 0.4) is 0 Å². The summed E-state index contributed by atoms with van der Waals surface area (Å²) in [6, 6.07) is 82.2. The summed E-state index contributed by atoms with van der Waals surface area (Å²) < 4.78 is 2.60. The van der Waals surface area contributed by atoms with Crippen molar-refractivity contribution in [3.05, 3.63) is 246 Å². The summed E-state index contributed by atoms with van der Waals surface area (Å²) in [6.45, 7) is 16.4. The molecular formula is C68H57NS. The SMILES string of the molecule is CC(C)(C)c1cc(-c2cccc3cccc(-c4ccccc4N(c4ccccc4-c4cccc5sc6ccccc6c45)c4cccc5c4-c4ccccc4C5(C)c4ccccc4)c23)cc(C(C)(C)C)c1. The Bertz CT molecular complexity index is 3780. The molecule has 0 bridgehead atoms. The van der Waals surface area contributed by atoms with E-state index in [4.69, 9.17) is 0 Å². The predicted octanol–water partition coefficient (Wildman–Crippen LogP) is 19.6. The molecule has 0 spiro atoms. The fourth-order valence-electron chi connectivity index (χ4n) is 11.4. The Hall–Kier alpha value is -7.52. The van der Waals surface area contributed by atoms with Crippen molar-refractivity contribution in [3.8, 4) is 44.5 Å². The molecule has 340 valence electrons. The number of rotatable bonds is 7. The molecule has 1 unspecified atom stereocenters. The van der Waals surface area contributed by atoms with Crippen molar-refractivity contribution in [1.29, 1.82) is 0 Å². The average molecular weight is 920 g/mol. The molecule has 12 rings (SSSR count). The van der Waals surface area contributed by atoms with Gasteiger partial charge in [-0.2, -0.15) is 0 Å². The van der Waals surface area contributed by atoms with Gasteiger partial charge in [-0.25, -0.2) is 0 Å². The molecule has 1 atom stereocenters. The van der Waals surface area contributed by atoms with E-state index in [0.29, 0.717) is 0 Å². The van der Waals surface area contributed by atoms with Gasteiger partial charge in [0.05, 0.1) is 17.1 Å². The Morgan fingerprint density at radius 3 is 1.54 bits per heavy atom. The second kappa shape index (κ2) is 16.6. The Morgan fingerprint density at radius 2 is 0.871 bits per heavy atom. The van der Waals surface area contributed by atoms with Crippen molar-refractivity contribution in [2.45, 2.75) is 64.7 Å². The smallest absolute Gasteiger partial charge is 0.0543 e. The van der Waals surface area contributed by atoms with Gasteiger partial charge in [-0.1, -0.05) is 230 Å². The lowest BCUT2D eigenvalue weighted by molar-refractivity contribution is 0.569. The van der Waals surface area contributed by atoms with Crippen LogP contribution in [0.25, 0.3) is 75.5 Å². The Morgan fingerprint density at radius 1 is 0.386 bits per heavy atom. The normalized spacial score (nSPS) is 14.6. The maximum Gasteiger partial charge on any atom is 0.0543 e. The van der Waals surface area contributed by atoms with Crippen LogP contribution >= 0.6 is 11.3 Å². The minimum absolute atomic E-state index is 0.0191. The van der Waals surface area contributed by atoms with Crippen LogP contribution in [-0.2, 0) is 16.2 Å². The fraction of sp³-hybridized carbons (Fsp3) is 0.147. The van der Waals surface area contributed by atoms with Crippen LogP contribution in [0.4, 0.5) is 17.1 Å². The largest absolute Gasteiger partial charge is 0.309 e. The van der Waals surface area contributed by atoms with Gasteiger partial charge in [0.25, 0.3) is 0 Å². The molecule has 0 aliphatic heterocycles. The van der Waals surface area contributed by atoms with Crippen LogP contribution in [0, 0.1) is 0 Å². The Kier molecular flexibility index (Phi) is 10.4. The summed E-state index contributed by atoms with van der Waals surface area (Å²) in [6.07, 6.45) is 0. The molecule has 1 aliphatic carbocycles. The van der Waals surface area contributed by atoms with Gasteiger partial charge in [0.2, 0.25) is 0 Å². The average Bonchev–Trinajstić information content (AvgIpc) is 3.90. The first-order valence-electron chi connectivity index (χ1n) is 24.8. The minimum atomic E-state index is -0.368. The van der Waals surface area contributed by atoms with Gasteiger partial charge >= 0.3 is 0 Å². The topological polar surface area (TPSA) is 3.24 Å². The second-order valence-electron chi connectivity index (χ2n) is 21.4. The van der Waals surface area contributed by atoms with Gasteiger partial charge < -0.3 is 4.90 Å². The van der Waals surface area contributed by atoms with Gasteiger partial charge in [-0.15, -0.1) is 11.3 Å². The van der Waals surface area contributed by atoms with Gasteiger partial charge in [0.15, 0.2) is 0 Å². The number of hydrogen-bond donors (Lipinski definition) is 0. The highest BCUT2D eigenvalue weighted by Gasteiger charge is 2.43. The van der Waals surface area contributed by atoms with E-state index in [0.717, 1.165) is 17.1 Å². The summed E-state index contributed by atoms with van der Waals surface area (Å²) in [5.41, 5.74) is 19.5. The van der Waals surface area contributed by atoms with Crippen molar-refractivity contribution >= 4 is 59.3 Å². The zero-order chi connectivity index (χ0) is 47.9. The van der Waals surface area contributed by atoms with Gasteiger partial charge in [0.1, 0.15) is 0 Å². The minimum Gasteiger partial charge on any atom is -0.309 e. The first-order chi connectivity index (χ1) is 33.9. The van der Waals surface area contributed by atoms with E-state index in [9.17, 15) is 0 Å². The van der Waals surface area contributed by atoms with Crippen LogP contribution in [0.2, 0.25) is 0 Å². The molecule has 1 heterocycles. The molecule has 1 aromatic heterocycles. The number of para-hydroxylation sites is 2. The summed E-state index contributed by atoms with van der Waals surface area (Å²) in [5, 5.41) is 5.07. The maximum atomic E-state index is 2.60. The van der Waals surface area contributed by atoms with Gasteiger partial charge in [0, 0.05) is 42.3 Å². The molecular weight excluding hydrogens is 863 g/mol. The fourth-order valence-corrected chi connectivity index (χ4v) is 12.6. The number of nitrogens with zero attached hydrogens (tertiary/aromatic N) is 1. The summed E-state index contributed by atoms with van der Waals surface area (Å²) in [4.78, 5) is 2.60. The number of hydrogen-bond acceptors (Lipinski definition) is 2. The summed E-state index contributed by atoms with van der Waals surface area (Å²) in [5.74, 6) is 0. The quantitative estimate of drug-likeness (QED) is 0.154. The lowest BCUT2D eigenvalue weighted by atomic mass is 9.74. The summed E-state index contributed by atoms with van der Waals surface area (Å²) in [7, 11) is 0. The molecule has 0 saturated carbocycles. The Labute approximate surface area is 417 Å². The molecule has 2 heteroatoms. The maximum absolute atomic E-state index is 2.60. The van der Waals surface area contributed by atoms with Crippen molar-refractivity contribution in [2.75, 3.05) is 4.90 Å². The van der Waals surface area contributed by atoms with E-state index in [2.05, 4.69) is 272 Å². The number of thiophene rings is 1. The van der Waals surface area contributed by atoms with E-state index in [-0.39, 0.29) is 16.2 Å². The lowest BCUT2D eigenvalue weighted by Crippen LogP contribution is -2.22. The highest BCUT2D eigenvalue weighted by atomic mass is 32.1. The van der Waals surface area contributed by atoms with Crippen molar-refractivity contribution in [1.82, 2.24) is 0 Å². The lowest BCUT2D eigenvalue weighted by Gasteiger charge is -2.33. The van der Waals surface area contributed by atoms with Crippen molar-refractivity contribution < 1.29 is 0 Å². The molecule has 0 saturated heterocycles.